The van der Waals surface area contributed by atoms with Crippen LogP contribution in [0.15, 0.2) is 24.3 Å². The van der Waals surface area contributed by atoms with E-state index in [-0.39, 0.29) is 11.7 Å². The summed E-state index contributed by atoms with van der Waals surface area (Å²) in [4.78, 5) is 12.0. The van der Waals surface area contributed by atoms with Crippen LogP contribution in [0.5, 0.6) is 5.75 Å². The molecule has 0 saturated heterocycles. The molecule has 1 aliphatic rings. The van der Waals surface area contributed by atoms with Crippen molar-refractivity contribution in [3.05, 3.63) is 29.8 Å². The van der Waals surface area contributed by atoms with E-state index in [1.54, 1.807) is 24.3 Å². The Morgan fingerprint density at radius 3 is 2.70 bits per heavy atom. The van der Waals surface area contributed by atoms with Crippen molar-refractivity contribution in [3.8, 4) is 5.75 Å². The van der Waals surface area contributed by atoms with Gasteiger partial charge in [0, 0.05) is 6.54 Å². The van der Waals surface area contributed by atoms with Crippen LogP contribution in [0.25, 0.3) is 0 Å². The lowest BCUT2D eigenvalue weighted by Gasteiger charge is -2.18. The summed E-state index contributed by atoms with van der Waals surface area (Å²) in [5, 5.41) is 12.2. The molecule has 3 atom stereocenters. The Balaban J connectivity index is 1.78. The van der Waals surface area contributed by atoms with Crippen molar-refractivity contribution in [3.63, 3.8) is 0 Å². The molecule has 2 rings (SSSR count). The van der Waals surface area contributed by atoms with Gasteiger partial charge in [0.25, 0.3) is 0 Å². The molecule has 1 fully saturated rings. The molecule has 4 N–H and O–H groups in total. The summed E-state index contributed by atoms with van der Waals surface area (Å²) in [6.45, 7) is 2.99. The first-order valence-electron chi connectivity index (χ1n) is 7.37. The highest BCUT2D eigenvalue weighted by molar-refractivity contribution is 5.81. The van der Waals surface area contributed by atoms with E-state index in [9.17, 15) is 9.90 Å². The zero-order valence-corrected chi connectivity index (χ0v) is 12.0. The number of carbonyl (C=O) groups is 1. The molecule has 0 bridgehead atoms. The molecule has 3 unspecified atom stereocenters. The summed E-state index contributed by atoms with van der Waals surface area (Å²) >= 11 is 0. The number of aromatic hydroxyl groups is 1. The third-order valence-corrected chi connectivity index (χ3v) is 4.31. The van der Waals surface area contributed by atoms with Gasteiger partial charge in [0.1, 0.15) is 5.75 Å². The van der Waals surface area contributed by atoms with Gasteiger partial charge in [0.2, 0.25) is 5.91 Å². The standard InChI is InChI=1S/C16H24N2O2/c1-11-3-2-4-13(11)10-18-16(20)15(17)9-12-5-7-14(19)8-6-12/h5-8,11,13,15,19H,2-4,9-10,17H2,1H3,(H,18,20). The highest BCUT2D eigenvalue weighted by Crippen LogP contribution is 2.30. The molecule has 20 heavy (non-hydrogen) atoms. The molecule has 0 aliphatic heterocycles. The SMILES string of the molecule is CC1CCCC1CNC(=O)C(N)Cc1ccc(O)cc1. The Hall–Kier alpha value is -1.55. The lowest BCUT2D eigenvalue weighted by molar-refractivity contribution is -0.122. The van der Waals surface area contributed by atoms with E-state index in [2.05, 4.69) is 12.2 Å². The summed E-state index contributed by atoms with van der Waals surface area (Å²) in [5.74, 6) is 1.43. The first-order valence-corrected chi connectivity index (χ1v) is 7.37. The van der Waals surface area contributed by atoms with Crippen LogP contribution < -0.4 is 11.1 Å². The molecule has 1 aromatic rings. The van der Waals surface area contributed by atoms with Gasteiger partial charge in [-0.3, -0.25) is 4.79 Å². The Morgan fingerprint density at radius 1 is 1.40 bits per heavy atom. The number of amides is 1. The number of phenolic OH excluding ortho intramolecular Hbond substituents is 1. The monoisotopic (exact) mass is 276 g/mol. The maximum Gasteiger partial charge on any atom is 0.237 e. The second kappa shape index (κ2) is 6.75. The molecule has 1 amide bonds. The minimum Gasteiger partial charge on any atom is -0.508 e. The molecule has 0 aromatic heterocycles. The van der Waals surface area contributed by atoms with Crippen molar-refractivity contribution >= 4 is 5.91 Å². The molecule has 1 aliphatic carbocycles. The fourth-order valence-corrected chi connectivity index (χ4v) is 2.87. The number of nitrogens with one attached hydrogen (secondary N) is 1. The van der Waals surface area contributed by atoms with Crippen molar-refractivity contribution in [2.24, 2.45) is 17.6 Å². The van der Waals surface area contributed by atoms with E-state index in [4.69, 9.17) is 5.73 Å². The molecule has 1 aromatic carbocycles. The van der Waals surface area contributed by atoms with E-state index >= 15 is 0 Å². The van der Waals surface area contributed by atoms with Gasteiger partial charge in [-0.05, 0) is 42.4 Å². The van der Waals surface area contributed by atoms with E-state index in [0.29, 0.717) is 18.3 Å². The summed E-state index contributed by atoms with van der Waals surface area (Å²) in [5.41, 5.74) is 6.89. The van der Waals surface area contributed by atoms with Gasteiger partial charge < -0.3 is 16.2 Å². The zero-order valence-electron chi connectivity index (χ0n) is 12.0. The number of hydrogen-bond acceptors (Lipinski definition) is 3. The van der Waals surface area contributed by atoms with E-state index in [1.165, 1.54) is 19.3 Å². The molecular formula is C16H24N2O2. The molecule has 110 valence electrons. The molecule has 0 spiro atoms. The zero-order chi connectivity index (χ0) is 14.5. The smallest absolute Gasteiger partial charge is 0.237 e. The predicted octanol–water partition coefficient (Wildman–Crippen LogP) is 1.81. The number of phenols is 1. The maximum absolute atomic E-state index is 12.0. The normalized spacial score (nSPS) is 23.5. The largest absolute Gasteiger partial charge is 0.508 e. The van der Waals surface area contributed by atoms with Crippen molar-refractivity contribution in [1.29, 1.82) is 0 Å². The van der Waals surface area contributed by atoms with Gasteiger partial charge in [-0.2, -0.15) is 0 Å². The first-order chi connectivity index (χ1) is 9.56. The summed E-state index contributed by atoms with van der Waals surface area (Å²) in [6.07, 6.45) is 4.22. The van der Waals surface area contributed by atoms with Crippen LogP contribution in [0.2, 0.25) is 0 Å². The first kappa shape index (κ1) is 14.9. The average molecular weight is 276 g/mol. The molecule has 0 heterocycles. The Morgan fingerprint density at radius 2 is 2.10 bits per heavy atom. The van der Waals surface area contributed by atoms with Gasteiger partial charge in [-0.25, -0.2) is 0 Å². The number of benzene rings is 1. The third-order valence-electron chi connectivity index (χ3n) is 4.31. The average Bonchev–Trinajstić information content (AvgIpc) is 2.84. The van der Waals surface area contributed by atoms with Crippen molar-refractivity contribution in [1.82, 2.24) is 5.32 Å². The lowest BCUT2D eigenvalue weighted by Crippen LogP contribution is -2.43. The lowest BCUT2D eigenvalue weighted by atomic mass is 9.98. The number of rotatable bonds is 5. The van der Waals surface area contributed by atoms with E-state index in [1.807, 2.05) is 0 Å². The van der Waals surface area contributed by atoms with Crippen LogP contribution >= 0.6 is 0 Å². The van der Waals surface area contributed by atoms with Gasteiger partial charge in [0.15, 0.2) is 0 Å². The Bertz CT molecular complexity index is 444. The Labute approximate surface area is 120 Å². The molecule has 4 nitrogen and oxygen atoms in total. The highest BCUT2D eigenvalue weighted by atomic mass is 16.3. The number of nitrogens with two attached hydrogens (primary N) is 1. The maximum atomic E-state index is 12.0. The van der Waals surface area contributed by atoms with Gasteiger partial charge in [-0.15, -0.1) is 0 Å². The second-order valence-electron chi connectivity index (χ2n) is 5.89. The van der Waals surface area contributed by atoms with Gasteiger partial charge in [-0.1, -0.05) is 31.9 Å². The number of hydrogen-bond donors (Lipinski definition) is 3. The van der Waals surface area contributed by atoms with Crippen molar-refractivity contribution in [2.75, 3.05) is 6.54 Å². The fourth-order valence-electron chi connectivity index (χ4n) is 2.87. The number of carbonyl (C=O) groups excluding carboxylic acids is 1. The highest BCUT2D eigenvalue weighted by Gasteiger charge is 2.24. The van der Waals surface area contributed by atoms with E-state index in [0.717, 1.165) is 12.1 Å². The van der Waals surface area contributed by atoms with Gasteiger partial charge in [0.05, 0.1) is 6.04 Å². The van der Waals surface area contributed by atoms with Crippen LogP contribution in [-0.4, -0.2) is 23.6 Å². The van der Waals surface area contributed by atoms with Crippen molar-refractivity contribution in [2.45, 2.75) is 38.6 Å². The van der Waals surface area contributed by atoms with Crippen LogP contribution in [0, 0.1) is 11.8 Å². The van der Waals surface area contributed by atoms with Crippen LogP contribution in [0.4, 0.5) is 0 Å². The van der Waals surface area contributed by atoms with Crippen LogP contribution in [-0.2, 0) is 11.2 Å². The minimum absolute atomic E-state index is 0.0859. The quantitative estimate of drug-likeness (QED) is 0.768. The molecular weight excluding hydrogens is 252 g/mol. The molecule has 0 radical (unpaired) electrons. The van der Waals surface area contributed by atoms with Crippen molar-refractivity contribution < 1.29 is 9.90 Å². The molecule has 4 heteroatoms. The molecule has 1 saturated carbocycles. The summed E-state index contributed by atoms with van der Waals surface area (Å²) < 4.78 is 0. The second-order valence-corrected chi connectivity index (χ2v) is 5.89. The Kier molecular flexibility index (Phi) is 5.01. The minimum atomic E-state index is -0.531. The van der Waals surface area contributed by atoms with Crippen LogP contribution in [0.1, 0.15) is 31.7 Å². The summed E-state index contributed by atoms with van der Waals surface area (Å²) in [7, 11) is 0. The van der Waals surface area contributed by atoms with Gasteiger partial charge >= 0.3 is 0 Å². The topological polar surface area (TPSA) is 75.4 Å². The third kappa shape index (κ3) is 3.97. The summed E-state index contributed by atoms with van der Waals surface area (Å²) in [6, 6.07) is 6.28. The predicted molar refractivity (Wildman–Crippen MR) is 79.3 cm³/mol. The van der Waals surface area contributed by atoms with E-state index < -0.39 is 6.04 Å². The van der Waals surface area contributed by atoms with Crippen LogP contribution in [0.3, 0.4) is 0 Å². The fraction of sp³-hybridized carbons (Fsp3) is 0.562.